The van der Waals surface area contributed by atoms with Crippen LogP contribution in [0.2, 0.25) is 0 Å². The number of hydrogen-bond donors (Lipinski definition) is 3. The van der Waals surface area contributed by atoms with Gasteiger partial charge in [0.25, 0.3) is 5.91 Å². The van der Waals surface area contributed by atoms with E-state index >= 15 is 0 Å². The van der Waals surface area contributed by atoms with Gasteiger partial charge in [-0.3, -0.25) is 4.79 Å². The van der Waals surface area contributed by atoms with Crippen molar-refractivity contribution < 1.29 is 4.79 Å². The fourth-order valence-corrected chi connectivity index (χ4v) is 5.30. The minimum atomic E-state index is -0.00746. The number of carbonyl (C=O) groups excluding carboxylic acids is 1. The number of aromatic nitrogens is 2. The summed E-state index contributed by atoms with van der Waals surface area (Å²) in [5, 5.41) is 7.80. The lowest BCUT2D eigenvalue weighted by Crippen LogP contribution is -2.52. The molecule has 2 fully saturated rings. The molecule has 3 heterocycles. The summed E-state index contributed by atoms with van der Waals surface area (Å²) in [4.78, 5) is 17.5. The number of amides is 1. The highest BCUT2D eigenvalue weighted by atomic mass is 16.2. The second-order valence-corrected chi connectivity index (χ2v) is 8.70. The second-order valence-electron chi connectivity index (χ2n) is 8.70. The van der Waals surface area contributed by atoms with Crippen LogP contribution in [0.1, 0.15) is 68.3 Å². The number of nitrogens with zero attached hydrogens (tertiary/aromatic N) is 2. The molecule has 3 aliphatic rings. The molecule has 2 aliphatic carbocycles. The summed E-state index contributed by atoms with van der Waals surface area (Å²) in [5.41, 5.74) is 7.75. The van der Waals surface area contributed by atoms with Crippen LogP contribution in [0, 0.1) is 0 Å². The molecular weight excluding hydrogens is 338 g/mol. The summed E-state index contributed by atoms with van der Waals surface area (Å²) in [6.07, 6.45) is 10.3. The number of rotatable bonds is 2. The number of fused-ring (bicyclic) bond motifs is 4. The Morgan fingerprint density at radius 1 is 1.15 bits per heavy atom. The molecule has 0 bridgehead atoms. The van der Waals surface area contributed by atoms with Crippen LogP contribution < -0.4 is 16.4 Å². The Morgan fingerprint density at radius 2 is 1.93 bits per heavy atom. The van der Waals surface area contributed by atoms with Crippen LogP contribution in [0.4, 0.5) is 5.82 Å². The van der Waals surface area contributed by atoms with Gasteiger partial charge in [-0.25, -0.2) is 4.98 Å². The van der Waals surface area contributed by atoms with Crippen molar-refractivity contribution in [1.82, 2.24) is 14.9 Å². The van der Waals surface area contributed by atoms with E-state index in [4.69, 9.17) is 10.7 Å². The highest BCUT2D eigenvalue weighted by Crippen LogP contribution is 2.40. The number of nitrogens with two attached hydrogens (primary N) is 1. The van der Waals surface area contributed by atoms with E-state index in [1.807, 2.05) is 12.1 Å². The fraction of sp³-hybridized carbons (Fsp3) is 0.619. The molecule has 2 saturated carbocycles. The van der Waals surface area contributed by atoms with Gasteiger partial charge in [-0.1, -0.05) is 19.3 Å². The van der Waals surface area contributed by atoms with Crippen LogP contribution in [0.15, 0.2) is 18.2 Å². The van der Waals surface area contributed by atoms with E-state index in [1.165, 1.54) is 19.3 Å². The van der Waals surface area contributed by atoms with Crippen LogP contribution in [0.25, 0.3) is 11.0 Å². The van der Waals surface area contributed by atoms with Gasteiger partial charge < -0.3 is 20.9 Å². The van der Waals surface area contributed by atoms with Gasteiger partial charge in [-0.15, -0.1) is 0 Å². The maximum atomic E-state index is 12.5. The van der Waals surface area contributed by atoms with Gasteiger partial charge >= 0.3 is 0 Å². The first kappa shape index (κ1) is 17.0. The van der Waals surface area contributed by atoms with Crippen LogP contribution in [-0.2, 0) is 5.54 Å². The zero-order valence-electron chi connectivity index (χ0n) is 15.8. The zero-order valence-corrected chi connectivity index (χ0v) is 15.8. The van der Waals surface area contributed by atoms with Crippen molar-refractivity contribution in [3.63, 3.8) is 0 Å². The largest absolute Gasteiger partial charge is 0.367 e. The molecule has 144 valence electrons. The molecule has 5 rings (SSSR count). The Kier molecular flexibility index (Phi) is 4.11. The third kappa shape index (κ3) is 2.90. The first-order chi connectivity index (χ1) is 13.1. The van der Waals surface area contributed by atoms with Gasteiger partial charge in [-0.05, 0) is 56.7 Å². The molecule has 2 aromatic heterocycles. The Bertz CT molecular complexity index is 859. The maximum absolute atomic E-state index is 12.5. The zero-order chi connectivity index (χ0) is 18.4. The second kappa shape index (κ2) is 6.51. The van der Waals surface area contributed by atoms with Gasteiger partial charge in [0.2, 0.25) is 0 Å². The van der Waals surface area contributed by atoms with Gasteiger partial charge in [0.05, 0.1) is 5.54 Å². The van der Waals surface area contributed by atoms with Crippen LogP contribution in [-0.4, -0.2) is 34.1 Å². The summed E-state index contributed by atoms with van der Waals surface area (Å²) in [6.45, 7) is 0.725. The lowest BCUT2D eigenvalue weighted by Gasteiger charge is -2.43. The van der Waals surface area contributed by atoms with Crippen molar-refractivity contribution in [2.45, 2.75) is 75.4 Å². The Hall–Kier alpha value is -2.08. The standard InChI is InChI=1S/C21H29N5O/c22-15-5-7-16(8-6-15)24-18-9-4-14-12-17-20(27)23-13-21(10-2-1-3-11-21)26(17)19(14)25-18/h4,9,12,15-16H,1-3,5-8,10-11,13,22H2,(H,23,27)(H,24,25). The number of carbonyl (C=O) groups is 1. The highest BCUT2D eigenvalue weighted by molar-refractivity contribution is 5.99. The van der Waals surface area contributed by atoms with Crippen molar-refractivity contribution in [3.8, 4) is 0 Å². The smallest absolute Gasteiger partial charge is 0.268 e. The molecule has 6 nitrogen and oxygen atoms in total. The van der Waals surface area contributed by atoms with Crippen LogP contribution in [0.5, 0.6) is 0 Å². The van der Waals surface area contributed by atoms with Crippen molar-refractivity contribution in [1.29, 1.82) is 0 Å². The van der Waals surface area contributed by atoms with E-state index in [9.17, 15) is 4.79 Å². The van der Waals surface area contributed by atoms with Crippen molar-refractivity contribution >= 4 is 22.8 Å². The molecule has 0 unspecified atom stereocenters. The Balaban J connectivity index is 1.53. The quantitative estimate of drug-likeness (QED) is 0.761. The molecular formula is C21H29N5O. The maximum Gasteiger partial charge on any atom is 0.268 e. The molecule has 0 saturated heterocycles. The molecule has 6 heteroatoms. The average molecular weight is 367 g/mol. The number of hydrogen-bond acceptors (Lipinski definition) is 4. The summed E-state index contributed by atoms with van der Waals surface area (Å²) >= 11 is 0. The lowest BCUT2D eigenvalue weighted by atomic mass is 9.80. The summed E-state index contributed by atoms with van der Waals surface area (Å²) in [6, 6.07) is 6.96. The third-order valence-electron chi connectivity index (χ3n) is 6.84. The highest BCUT2D eigenvalue weighted by Gasteiger charge is 2.41. The van der Waals surface area contributed by atoms with E-state index in [2.05, 4.69) is 21.3 Å². The van der Waals surface area contributed by atoms with Gasteiger partial charge in [0.15, 0.2) is 0 Å². The predicted molar refractivity (Wildman–Crippen MR) is 107 cm³/mol. The SMILES string of the molecule is NC1CCC(Nc2ccc3cc4n(c3n2)C2(CCCCC2)CNC4=O)CC1. The topological polar surface area (TPSA) is 85.0 Å². The normalized spacial score (nSPS) is 27.4. The summed E-state index contributed by atoms with van der Waals surface area (Å²) in [7, 11) is 0. The molecule has 1 spiro atoms. The molecule has 0 radical (unpaired) electrons. The van der Waals surface area contributed by atoms with Crippen LogP contribution >= 0.6 is 0 Å². The Morgan fingerprint density at radius 3 is 2.70 bits per heavy atom. The number of pyridine rings is 1. The average Bonchev–Trinajstić information content (AvgIpc) is 3.08. The first-order valence-electron chi connectivity index (χ1n) is 10.5. The van der Waals surface area contributed by atoms with Gasteiger partial charge in [-0.2, -0.15) is 0 Å². The van der Waals surface area contributed by atoms with E-state index in [-0.39, 0.29) is 11.4 Å². The minimum absolute atomic E-state index is 0.00746. The molecule has 1 amide bonds. The van der Waals surface area contributed by atoms with E-state index in [0.29, 0.717) is 12.1 Å². The fourth-order valence-electron chi connectivity index (χ4n) is 5.30. The number of anilines is 1. The van der Waals surface area contributed by atoms with E-state index < -0.39 is 0 Å². The van der Waals surface area contributed by atoms with Crippen molar-refractivity contribution in [2.75, 3.05) is 11.9 Å². The van der Waals surface area contributed by atoms with Gasteiger partial charge in [0, 0.05) is 24.0 Å². The Labute approximate surface area is 159 Å². The monoisotopic (exact) mass is 367 g/mol. The molecule has 27 heavy (non-hydrogen) atoms. The lowest BCUT2D eigenvalue weighted by molar-refractivity contribution is 0.0833. The van der Waals surface area contributed by atoms with E-state index in [0.717, 1.165) is 67.6 Å². The predicted octanol–water partition coefficient (Wildman–Crippen LogP) is 3.12. The molecule has 4 N–H and O–H groups in total. The minimum Gasteiger partial charge on any atom is -0.367 e. The first-order valence-corrected chi connectivity index (χ1v) is 10.5. The van der Waals surface area contributed by atoms with E-state index in [1.54, 1.807) is 0 Å². The molecule has 1 aliphatic heterocycles. The van der Waals surface area contributed by atoms with Gasteiger partial charge in [0.1, 0.15) is 17.2 Å². The molecule has 0 atom stereocenters. The summed E-state index contributed by atoms with van der Waals surface area (Å²) in [5.74, 6) is 0.945. The van der Waals surface area contributed by atoms with Crippen LogP contribution in [0.3, 0.4) is 0 Å². The molecule has 2 aromatic rings. The number of nitrogens with one attached hydrogen (secondary N) is 2. The molecule has 0 aromatic carbocycles. The van der Waals surface area contributed by atoms with Crippen molar-refractivity contribution in [3.05, 3.63) is 23.9 Å². The van der Waals surface area contributed by atoms with Crippen molar-refractivity contribution in [2.24, 2.45) is 5.73 Å². The third-order valence-corrected chi connectivity index (χ3v) is 6.84. The summed E-state index contributed by atoms with van der Waals surface area (Å²) < 4.78 is 2.27.